The molecule has 0 aliphatic carbocycles. The first-order valence-corrected chi connectivity index (χ1v) is 4.54. The van der Waals surface area contributed by atoms with Gasteiger partial charge in [0.15, 0.2) is 0 Å². The lowest BCUT2D eigenvalue weighted by Gasteiger charge is -2.10. The summed E-state index contributed by atoms with van der Waals surface area (Å²) in [7, 11) is 0. The summed E-state index contributed by atoms with van der Waals surface area (Å²) in [5.41, 5.74) is 2.06. The molecule has 0 bridgehead atoms. The Balaban J connectivity index is 2.19. The van der Waals surface area contributed by atoms with Gasteiger partial charge in [-0.2, -0.15) is 0 Å². The molecule has 1 aliphatic rings. The summed E-state index contributed by atoms with van der Waals surface area (Å²) >= 11 is 5.71. The molecule has 0 atom stereocenters. The highest BCUT2D eigenvalue weighted by Gasteiger charge is 2.14. The van der Waals surface area contributed by atoms with E-state index in [0.717, 1.165) is 11.1 Å². The van der Waals surface area contributed by atoms with Crippen LogP contribution in [-0.4, -0.2) is 0 Å². The lowest BCUT2D eigenvalue weighted by atomic mass is 10.1. The van der Waals surface area contributed by atoms with Crippen molar-refractivity contribution in [1.29, 1.82) is 0 Å². The van der Waals surface area contributed by atoms with Gasteiger partial charge in [0.2, 0.25) is 0 Å². The number of benzene rings is 1. The monoisotopic (exact) mass is 196 g/mol. The van der Waals surface area contributed by atoms with Crippen LogP contribution in [0.2, 0.25) is 0 Å². The lowest BCUT2D eigenvalue weighted by molar-refractivity contribution is -0.0246. The van der Waals surface area contributed by atoms with Crippen LogP contribution in [0.15, 0.2) is 36.8 Å². The molecule has 3 heteroatoms. The van der Waals surface area contributed by atoms with Gasteiger partial charge in [0.25, 0.3) is 6.29 Å². The molecule has 0 radical (unpaired) electrons. The Kier molecular flexibility index (Phi) is 2.41. The summed E-state index contributed by atoms with van der Waals surface area (Å²) in [6.07, 6.45) is 2.78. The van der Waals surface area contributed by atoms with E-state index in [2.05, 4.69) is 0 Å². The van der Waals surface area contributed by atoms with Gasteiger partial charge in [-0.1, -0.05) is 18.2 Å². The van der Waals surface area contributed by atoms with Gasteiger partial charge in [-0.15, -0.1) is 11.6 Å². The molecule has 0 unspecified atom stereocenters. The van der Waals surface area contributed by atoms with Crippen molar-refractivity contribution in [1.82, 2.24) is 0 Å². The number of ether oxygens (including phenoxy) is 2. The quantitative estimate of drug-likeness (QED) is 0.678. The number of alkyl halides is 1. The molecule has 0 saturated heterocycles. The minimum absolute atomic E-state index is 0.303. The Morgan fingerprint density at radius 3 is 2.69 bits per heavy atom. The van der Waals surface area contributed by atoms with Gasteiger partial charge in [0.1, 0.15) is 12.5 Å². The fraction of sp³-hybridized carbons (Fsp3) is 0.200. The largest absolute Gasteiger partial charge is 0.455 e. The van der Waals surface area contributed by atoms with E-state index in [1.807, 2.05) is 24.3 Å². The average Bonchev–Trinajstić information content (AvgIpc) is 2.71. The Morgan fingerprint density at radius 1 is 1.23 bits per heavy atom. The van der Waals surface area contributed by atoms with E-state index in [4.69, 9.17) is 21.1 Å². The van der Waals surface area contributed by atoms with Crippen LogP contribution in [0.25, 0.3) is 0 Å². The van der Waals surface area contributed by atoms with E-state index < -0.39 is 0 Å². The lowest BCUT2D eigenvalue weighted by Crippen LogP contribution is -1.97. The summed E-state index contributed by atoms with van der Waals surface area (Å²) in [6, 6.07) is 7.84. The first-order chi connectivity index (χ1) is 6.40. The average molecular weight is 197 g/mol. The van der Waals surface area contributed by atoms with Crippen molar-refractivity contribution in [2.75, 3.05) is 0 Å². The highest BCUT2D eigenvalue weighted by Crippen LogP contribution is 2.24. The Labute approximate surface area is 81.7 Å². The zero-order chi connectivity index (χ0) is 9.10. The van der Waals surface area contributed by atoms with Crippen LogP contribution >= 0.6 is 11.6 Å². The summed E-state index contributed by atoms with van der Waals surface area (Å²) < 4.78 is 10.4. The van der Waals surface area contributed by atoms with Gasteiger partial charge < -0.3 is 9.47 Å². The third kappa shape index (κ3) is 1.78. The fourth-order valence-corrected chi connectivity index (χ4v) is 1.39. The second-order valence-corrected chi connectivity index (χ2v) is 3.02. The fourth-order valence-electron chi connectivity index (χ4n) is 1.22. The molecule has 1 heterocycles. The molecule has 1 aromatic carbocycles. The highest BCUT2D eigenvalue weighted by atomic mass is 35.5. The molecule has 68 valence electrons. The van der Waals surface area contributed by atoms with Gasteiger partial charge in [0, 0.05) is 11.4 Å². The van der Waals surface area contributed by atoms with E-state index in [0.29, 0.717) is 5.88 Å². The Hall–Kier alpha value is -1.15. The van der Waals surface area contributed by atoms with Crippen LogP contribution in [0.4, 0.5) is 0 Å². The zero-order valence-electron chi connectivity index (χ0n) is 6.94. The minimum atomic E-state index is -0.303. The summed E-state index contributed by atoms with van der Waals surface area (Å²) in [5, 5.41) is 0. The van der Waals surface area contributed by atoms with E-state index in [-0.39, 0.29) is 6.29 Å². The van der Waals surface area contributed by atoms with E-state index in [9.17, 15) is 0 Å². The number of hydrogen-bond donors (Lipinski definition) is 0. The van der Waals surface area contributed by atoms with E-state index >= 15 is 0 Å². The highest BCUT2D eigenvalue weighted by molar-refractivity contribution is 6.17. The molecule has 0 N–H and O–H groups in total. The number of hydrogen-bond acceptors (Lipinski definition) is 2. The first kappa shape index (κ1) is 8.45. The molecular weight excluding hydrogens is 188 g/mol. The maximum absolute atomic E-state index is 5.71. The molecular formula is C10H9ClO2. The number of halogens is 1. The predicted molar refractivity (Wildman–Crippen MR) is 50.1 cm³/mol. The van der Waals surface area contributed by atoms with Crippen LogP contribution in [-0.2, 0) is 15.4 Å². The SMILES string of the molecule is ClCc1cccc(C2OC=CO2)c1. The minimum Gasteiger partial charge on any atom is -0.455 e. The van der Waals surface area contributed by atoms with E-state index in [1.165, 1.54) is 12.5 Å². The van der Waals surface area contributed by atoms with Gasteiger partial charge in [0.05, 0.1) is 0 Å². The molecule has 0 saturated carbocycles. The smallest absolute Gasteiger partial charge is 0.266 e. The van der Waals surface area contributed by atoms with Crippen molar-refractivity contribution in [3.8, 4) is 0 Å². The van der Waals surface area contributed by atoms with Gasteiger partial charge in [-0.3, -0.25) is 0 Å². The molecule has 2 rings (SSSR count). The van der Waals surface area contributed by atoms with Crippen LogP contribution in [0.1, 0.15) is 17.4 Å². The van der Waals surface area contributed by atoms with Crippen LogP contribution in [0.3, 0.4) is 0 Å². The molecule has 0 fully saturated rings. The molecule has 13 heavy (non-hydrogen) atoms. The summed E-state index contributed by atoms with van der Waals surface area (Å²) in [6.45, 7) is 0. The molecule has 0 aromatic heterocycles. The van der Waals surface area contributed by atoms with Gasteiger partial charge >= 0.3 is 0 Å². The van der Waals surface area contributed by atoms with Crippen molar-refractivity contribution in [3.05, 3.63) is 47.9 Å². The first-order valence-electron chi connectivity index (χ1n) is 4.01. The maximum Gasteiger partial charge on any atom is 0.266 e. The standard InChI is InChI=1S/C10H9ClO2/c11-7-8-2-1-3-9(6-8)10-12-4-5-13-10/h1-6,10H,7H2. The van der Waals surface area contributed by atoms with Crippen LogP contribution in [0, 0.1) is 0 Å². The van der Waals surface area contributed by atoms with Crippen molar-refractivity contribution in [2.45, 2.75) is 12.2 Å². The summed E-state index contributed by atoms with van der Waals surface area (Å²) in [5.74, 6) is 0.508. The van der Waals surface area contributed by atoms with Crippen molar-refractivity contribution in [3.63, 3.8) is 0 Å². The topological polar surface area (TPSA) is 18.5 Å². The van der Waals surface area contributed by atoms with Crippen LogP contribution in [0.5, 0.6) is 0 Å². The second kappa shape index (κ2) is 3.71. The van der Waals surface area contributed by atoms with Crippen molar-refractivity contribution in [2.24, 2.45) is 0 Å². The van der Waals surface area contributed by atoms with Crippen molar-refractivity contribution >= 4 is 11.6 Å². The van der Waals surface area contributed by atoms with Gasteiger partial charge in [-0.05, 0) is 11.6 Å². The molecule has 1 aliphatic heterocycles. The van der Waals surface area contributed by atoms with Gasteiger partial charge in [-0.25, -0.2) is 0 Å². The predicted octanol–water partition coefficient (Wildman–Crippen LogP) is 2.94. The second-order valence-electron chi connectivity index (χ2n) is 2.75. The summed E-state index contributed by atoms with van der Waals surface area (Å²) in [4.78, 5) is 0. The Bertz CT molecular complexity index is 314. The van der Waals surface area contributed by atoms with E-state index in [1.54, 1.807) is 0 Å². The van der Waals surface area contributed by atoms with Crippen molar-refractivity contribution < 1.29 is 9.47 Å². The normalized spacial score (nSPS) is 15.5. The molecule has 0 amide bonds. The molecule has 0 spiro atoms. The Morgan fingerprint density at radius 2 is 2.00 bits per heavy atom. The third-order valence-electron chi connectivity index (χ3n) is 1.84. The van der Waals surface area contributed by atoms with Crippen LogP contribution < -0.4 is 0 Å². The molecule has 2 nitrogen and oxygen atoms in total. The zero-order valence-corrected chi connectivity index (χ0v) is 7.70. The number of rotatable bonds is 2. The molecule has 1 aromatic rings. The third-order valence-corrected chi connectivity index (χ3v) is 2.15. The maximum atomic E-state index is 5.71.